The van der Waals surface area contributed by atoms with Crippen molar-refractivity contribution in [2.75, 3.05) is 0 Å². The lowest BCUT2D eigenvalue weighted by Gasteiger charge is -2.40. The van der Waals surface area contributed by atoms with Crippen LogP contribution in [0, 0.1) is 6.92 Å². The van der Waals surface area contributed by atoms with Crippen LogP contribution in [-0.2, 0) is 20.2 Å². The molecule has 0 saturated carbocycles. The summed E-state index contributed by atoms with van der Waals surface area (Å²) in [5.74, 6) is 0. The van der Waals surface area contributed by atoms with Gasteiger partial charge in [-0.2, -0.15) is 8.42 Å². The summed E-state index contributed by atoms with van der Waals surface area (Å²) in [5.41, 5.74) is 2.05. The maximum absolute atomic E-state index is 13.7. The van der Waals surface area contributed by atoms with Crippen molar-refractivity contribution in [2.45, 2.75) is 39.9 Å². The molecule has 0 amide bonds. The number of aryl methyl sites for hydroxylation is 2. The van der Waals surface area contributed by atoms with E-state index in [0.29, 0.717) is 0 Å². The highest BCUT2D eigenvalue weighted by molar-refractivity contribution is 8.33. The third kappa shape index (κ3) is 4.24. The highest BCUT2D eigenvalue weighted by Crippen LogP contribution is 2.70. The van der Waals surface area contributed by atoms with Crippen molar-refractivity contribution in [3.63, 3.8) is 0 Å². The summed E-state index contributed by atoms with van der Waals surface area (Å²) in [6.07, 6.45) is 0.841. The van der Waals surface area contributed by atoms with Gasteiger partial charge in [-0.15, -0.1) is 0 Å². The lowest BCUT2D eigenvalue weighted by atomic mass is 10.2. The van der Waals surface area contributed by atoms with E-state index >= 15 is 0 Å². The van der Waals surface area contributed by atoms with Crippen LogP contribution in [0.4, 0.5) is 0 Å². The van der Waals surface area contributed by atoms with Crippen LogP contribution in [-0.4, -0.2) is 8.42 Å². The van der Waals surface area contributed by atoms with E-state index in [0.717, 1.165) is 32.2 Å². The molecule has 0 aromatic heterocycles. The third-order valence-electron chi connectivity index (χ3n) is 5.37. The molecule has 0 heterocycles. The van der Waals surface area contributed by atoms with Crippen LogP contribution in [0.25, 0.3) is 0 Å². The Hall–Kier alpha value is -2.86. The Morgan fingerprint density at radius 2 is 1.12 bits per heavy atom. The molecule has 32 heavy (non-hydrogen) atoms. The lowest BCUT2D eigenvalue weighted by Crippen LogP contribution is -2.15. The Labute approximate surface area is 192 Å². The van der Waals surface area contributed by atoms with Crippen molar-refractivity contribution in [1.29, 1.82) is 0 Å². The van der Waals surface area contributed by atoms with E-state index in [1.54, 1.807) is 12.1 Å². The standard InChI is InChI=1S/C27H26O3S2/c1-3-23-18-20-26(21-19-23)32(28,29)30-31(24-13-6-4-7-14-24,25-15-8-5-9-16-25)27-17-11-10-12-22(27)2/h4-21H,3H2,1-2H3. The first-order valence-corrected chi connectivity index (χ1v) is 13.5. The zero-order valence-electron chi connectivity index (χ0n) is 18.1. The van der Waals surface area contributed by atoms with E-state index in [1.807, 2.05) is 111 Å². The first-order chi connectivity index (χ1) is 15.5. The van der Waals surface area contributed by atoms with Gasteiger partial charge in [0.15, 0.2) is 0 Å². The van der Waals surface area contributed by atoms with Crippen molar-refractivity contribution in [2.24, 2.45) is 0 Å². The minimum atomic E-state index is -4.07. The number of hydrogen-bond acceptors (Lipinski definition) is 3. The van der Waals surface area contributed by atoms with E-state index in [9.17, 15) is 8.42 Å². The smallest absolute Gasteiger partial charge is 0.203 e. The van der Waals surface area contributed by atoms with Crippen molar-refractivity contribution < 1.29 is 12.0 Å². The summed E-state index contributed by atoms with van der Waals surface area (Å²) >= 11 is 0. The minimum absolute atomic E-state index is 0.159. The van der Waals surface area contributed by atoms with Crippen LogP contribution in [0.2, 0.25) is 0 Å². The molecule has 0 aliphatic rings. The summed E-state index contributed by atoms with van der Waals surface area (Å²) < 4.78 is 33.7. The molecule has 0 saturated heterocycles. The quantitative estimate of drug-likeness (QED) is 0.293. The SMILES string of the molecule is CCc1ccc(S(=O)(=O)OS(c2ccccc2)(c2ccccc2)c2ccccc2C)cc1. The molecular formula is C27H26O3S2. The predicted octanol–water partition coefficient (Wildman–Crippen LogP) is 7.16. The Morgan fingerprint density at radius 1 is 0.625 bits per heavy atom. The first-order valence-electron chi connectivity index (χ1n) is 10.5. The van der Waals surface area contributed by atoms with Crippen LogP contribution in [0.1, 0.15) is 18.1 Å². The van der Waals surface area contributed by atoms with Gasteiger partial charge in [-0.25, -0.2) is 3.63 Å². The van der Waals surface area contributed by atoms with Gasteiger partial charge in [-0.3, -0.25) is 0 Å². The fourth-order valence-electron chi connectivity index (χ4n) is 3.67. The molecule has 4 aromatic rings. The van der Waals surface area contributed by atoms with Gasteiger partial charge in [0.1, 0.15) is 0 Å². The van der Waals surface area contributed by atoms with Gasteiger partial charge in [-0.1, -0.05) is 73.7 Å². The molecule has 0 fully saturated rings. The summed E-state index contributed by atoms with van der Waals surface area (Å²) in [4.78, 5) is 2.68. The highest BCUT2D eigenvalue weighted by Gasteiger charge is 2.39. The Kier molecular flexibility index (Phi) is 6.51. The molecule has 0 spiro atoms. The summed E-state index contributed by atoms with van der Waals surface area (Å²) in [6, 6.07) is 34.1. The van der Waals surface area contributed by atoms with Crippen LogP contribution >= 0.6 is 10.3 Å². The Morgan fingerprint density at radius 3 is 1.62 bits per heavy atom. The maximum atomic E-state index is 13.7. The fraction of sp³-hybridized carbons (Fsp3) is 0.111. The minimum Gasteiger partial charge on any atom is -0.203 e. The van der Waals surface area contributed by atoms with E-state index < -0.39 is 20.4 Å². The largest absolute Gasteiger partial charge is 0.307 e. The Balaban J connectivity index is 1.99. The average Bonchev–Trinajstić information content (AvgIpc) is 2.84. The molecule has 0 atom stereocenters. The molecule has 0 aliphatic carbocycles. The molecule has 3 nitrogen and oxygen atoms in total. The number of benzene rings is 4. The molecule has 0 radical (unpaired) electrons. The normalized spacial score (nSPS) is 12.4. The molecule has 4 aromatic carbocycles. The van der Waals surface area contributed by atoms with Gasteiger partial charge in [0.05, 0.1) is 4.90 Å². The summed E-state index contributed by atoms with van der Waals surface area (Å²) in [5, 5.41) is 0. The van der Waals surface area contributed by atoms with Gasteiger partial charge in [-0.05, 0) is 77.2 Å². The number of hydrogen-bond donors (Lipinski definition) is 0. The monoisotopic (exact) mass is 462 g/mol. The second-order valence-corrected chi connectivity index (χ2v) is 11.9. The second kappa shape index (κ2) is 9.33. The predicted molar refractivity (Wildman–Crippen MR) is 131 cm³/mol. The lowest BCUT2D eigenvalue weighted by molar-refractivity contribution is 0.508. The van der Waals surface area contributed by atoms with E-state index in [-0.39, 0.29) is 4.90 Å². The van der Waals surface area contributed by atoms with E-state index in [4.69, 9.17) is 3.63 Å². The van der Waals surface area contributed by atoms with Gasteiger partial charge in [0.25, 0.3) is 0 Å². The van der Waals surface area contributed by atoms with Crippen LogP contribution in [0.15, 0.2) is 129 Å². The zero-order chi connectivity index (χ0) is 22.6. The van der Waals surface area contributed by atoms with Gasteiger partial charge in [0, 0.05) is 14.7 Å². The molecule has 0 bridgehead atoms. The molecule has 0 aliphatic heterocycles. The van der Waals surface area contributed by atoms with Crippen LogP contribution < -0.4 is 0 Å². The van der Waals surface area contributed by atoms with Crippen LogP contribution in [0.5, 0.6) is 0 Å². The molecule has 5 heteroatoms. The molecule has 0 unspecified atom stereocenters. The van der Waals surface area contributed by atoms with Gasteiger partial charge < -0.3 is 0 Å². The van der Waals surface area contributed by atoms with Crippen molar-refractivity contribution in [3.05, 3.63) is 120 Å². The van der Waals surface area contributed by atoms with Gasteiger partial charge >= 0.3 is 10.1 Å². The van der Waals surface area contributed by atoms with Crippen molar-refractivity contribution in [1.82, 2.24) is 0 Å². The van der Waals surface area contributed by atoms with Crippen LogP contribution in [0.3, 0.4) is 0 Å². The zero-order valence-corrected chi connectivity index (χ0v) is 19.8. The maximum Gasteiger partial charge on any atom is 0.307 e. The van der Waals surface area contributed by atoms with E-state index in [2.05, 4.69) is 0 Å². The third-order valence-corrected chi connectivity index (χ3v) is 10.7. The van der Waals surface area contributed by atoms with Gasteiger partial charge in [0.2, 0.25) is 0 Å². The Bertz CT molecular complexity index is 1240. The molecular weight excluding hydrogens is 436 g/mol. The highest BCUT2D eigenvalue weighted by atomic mass is 32.3. The summed E-state index contributed by atoms with van der Waals surface area (Å²) in [7, 11) is -6.64. The van der Waals surface area contributed by atoms with Crippen molar-refractivity contribution in [3.8, 4) is 0 Å². The van der Waals surface area contributed by atoms with E-state index in [1.165, 1.54) is 0 Å². The molecule has 0 N–H and O–H groups in total. The fourth-order valence-corrected chi connectivity index (χ4v) is 9.11. The molecule has 4 rings (SSSR count). The molecule has 164 valence electrons. The second-order valence-electron chi connectivity index (χ2n) is 7.47. The average molecular weight is 463 g/mol. The summed E-state index contributed by atoms with van der Waals surface area (Å²) in [6.45, 7) is 4.03. The number of rotatable bonds is 7. The first kappa shape index (κ1) is 22.3. The van der Waals surface area contributed by atoms with Crippen molar-refractivity contribution >= 4 is 20.4 Å². The topological polar surface area (TPSA) is 43.4 Å².